The number of hydrogen-bond donors (Lipinski definition) is 0. The van der Waals surface area contributed by atoms with Crippen LogP contribution in [0.2, 0.25) is 0 Å². The van der Waals surface area contributed by atoms with E-state index in [0.29, 0.717) is 12.4 Å². The van der Waals surface area contributed by atoms with E-state index in [9.17, 15) is 18.0 Å². The lowest BCUT2D eigenvalue weighted by molar-refractivity contribution is -0.0885. The van der Waals surface area contributed by atoms with Crippen molar-refractivity contribution in [2.24, 2.45) is 0 Å². The SMILES string of the molecule is COCCOc1ccc(C(=O)C(F)(F)F)cc1Br. The fraction of sp³-hybridized carbons (Fsp3) is 0.364. The van der Waals surface area contributed by atoms with Crippen molar-refractivity contribution in [1.82, 2.24) is 0 Å². The molecule has 0 aliphatic carbocycles. The molecule has 100 valence electrons. The number of methoxy groups -OCH3 is 1. The molecule has 0 aliphatic heterocycles. The first-order valence-corrected chi connectivity index (χ1v) is 5.68. The second-order valence-electron chi connectivity index (χ2n) is 3.31. The van der Waals surface area contributed by atoms with Gasteiger partial charge in [-0.3, -0.25) is 4.79 Å². The molecular formula is C11H10BrF3O3. The molecule has 18 heavy (non-hydrogen) atoms. The number of Topliss-reactive ketones (excluding diaryl/α,β-unsaturated/α-hetero) is 1. The summed E-state index contributed by atoms with van der Waals surface area (Å²) in [5, 5.41) is 0. The third kappa shape index (κ3) is 3.99. The lowest BCUT2D eigenvalue weighted by atomic mass is 10.1. The summed E-state index contributed by atoms with van der Waals surface area (Å²) < 4.78 is 46.9. The largest absolute Gasteiger partial charge is 0.490 e. The molecule has 0 heterocycles. The van der Waals surface area contributed by atoms with Crippen molar-refractivity contribution in [3.05, 3.63) is 28.2 Å². The Kier molecular flexibility index (Phi) is 5.15. The third-order valence-electron chi connectivity index (χ3n) is 2.00. The Morgan fingerprint density at radius 2 is 2.00 bits per heavy atom. The molecule has 0 radical (unpaired) electrons. The first-order valence-electron chi connectivity index (χ1n) is 4.89. The summed E-state index contributed by atoms with van der Waals surface area (Å²) in [6, 6.07) is 3.46. The van der Waals surface area contributed by atoms with Gasteiger partial charge in [-0.2, -0.15) is 13.2 Å². The van der Waals surface area contributed by atoms with E-state index in [1.165, 1.54) is 13.2 Å². The van der Waals surface area contributed by atoms with Crippen LogP contribution >= 0.6 is 15.9 Å². The van der Waals surface area contributed by atoms with Crippen molar-refractivity contribution < 1.29 is 27.4 Å². The Morgan fingerprint density at radius 1 is 1.33 bits per heavy atom. The molecule has 0 bridgehead atoms. The zero-order valence-electron chi connectivity index (χ0n) is 9.38. The molecule has 0 aromatic heterocycles. The molecule has 7 heteroatoms. The fourth-order valence-electron chi connectivity index (χ4n) is 1.16. The summed E-state index contributed by atoms with van der Waals surface area (Å²) in [6.45, 7) is 0.622. The number of carbonyl (C=O) groups excluding carboxylic acids is 1. The number of halogens is 4. The van der Waals surface area contributed by atoms with Crippen LogP contribution in [0.15, 0.2) is 22.7 Å². The van der Waals surface area contributed by atoms with E-state index in [4.69, 9.17) is 9.47 Å². The van der Waals surface area contributed by atoms with Crippen molar-refractivity contribution in [3.63, 3.8) is 0 Å². The van der Waals surface area contributed by atoms with Crippen LogP contribution in [0.1, 0.15) is 10.4 Å². The predicted octanol–water partition coefficient (Wildman–Crippen LogP) is 3.22. The molecule has 0 unspecified atom stereocenters. The maximum absolute atomic E-state index is 12.2. The molecule has 0 saturated heterocycles. The number of benzene rings is 1. The van der Waals surface area contributed by atoms with Crippen LogP contribution in [0.4, 0.5) is 13.2 Å². The number of ether oxygens (including phenoxy) is 2. The lowest BCUT2D eigenvalue weighted by Crippen LogP contribution is -2.22. The number of hydrogen-bond acceptors (Lipinski definition) is 3. The molecule has 1 aromatic carbocycles. The Morgan fingerprint density at radius 3 is 2.50 bits per heavy atom. The van der Waals surface area contributed by atoms with Crippen molar-refractivity contribution in [3.8, 4) is 5.75 Å². The van der Waals surface area contributed by atoms with Gasteiger partial charge in [0, 0.05) is 12.7 Å². The molecule has 1 aromatic rings. The standard InChI is InChI=1S/C11H10BrF3O3/c1-17-4-5-18-9-3-2-7(6-8(9)12)10(16)11(13,14)15/h2-3,6H,4-5H2,1H3. The second-order valence-corrected chi connectivity index (χ2v) is 4.17. The summed E-state index contributed by atoms with van der Waals surface area (Å²) >= 11 is 3.05. The zero-order valence-corrected chi connectivity index (χ0v) is 11.0. The number of alkyl halides is 3. The van der Waals surface area contributed by atoms with E-state index in [-0.39, 0.29) is 11.1 Å². The summed E-state index contributed by atoms with van der Waals surface area (Å²) in [5.74, 6) is -1.53. The maximum Gasteiger partial charge on any atom is 0.454 e. The van der Waals surface area contributed by atoms with Gasteiger partial charge in [-0.1, -0.05) is 0 Å². The van der Waals surface area contributed by atoms with E-state index >= 15 is 0 Å². The Hall–Kier alpha value is -1.08. The molecule has 0 atom stereocenters. The van der Waals surface area contributed by atoms with Gasteiger partial charge in [-0.05, 0) is 34.1 Å². The van der Waals surface area contributed by atoms with Crippen LogP contribution in [-0.4, -0.2) is 32.3 Å². The van der Waals surface area contributed by atoms with Gasteiger partial charge in [0.15, 0.2) is 0 Å². The first kappa shape index (κ1) is 15.0. The Balaban J connectivity index is 2.82. The molecule has 0 saturated carbocycles. The van der Waals surface area contributed by atoms with Crippen LogP contribution in [0.3, 0.4) is 0 Å². The van der Waals surface area contributed by atoms with Gasteiger partial charge in [0.05, 0.1) is 11.1 Å². The van der Waals surface area contributed by atoms with Crippen molar-refractivity contribution in [2.75, 3.05) is 20.3 Å². The van der Waals surface area contributed by atoms with Crippen LogP contribution in [0, 0.1) is 0 Å². The van der Waals surface area contributed by atoms with Gasteiger partial charge < -0.3 is 9.47 Å². The van der Waals surface area contributed by atoms with E-state index < -0.39 is 17.5 Å². The summed E-state index contributed by atoms with van der Waals surface area (Å²) in [5.41, 5.74) is -0.437. The molecule has 0 aliphatic rings. The number of ketones is 1. The monoisotopic (exact) mass is 326 g/mol. The normalized spacial score (nSPS) is 11.4. The molecule has 0 amide bonds. The third-order valence-corrected chi connectivity index (χ3v) is 2.62. The van der Waals surface area contributed by atoms with Crippen molar-refractivity contribution in [2.45, 2.75) is 6.18 Å². The van der Waals surface area contributed by atoms with Crippen molar-refractivity contribution >= 4 is 21.7 Å². The molecule has 0 fully saturated rings. The molecule has 0 spiro atoms. The van der Waals surface area contributed by atoms with Crippen LogP contribution in [0.5, 0.6) is 5.75 Å². The summed E-state index contributed by atoms with van der Waals surface area (Å²) in [4.78, 5) is 11.0. The maximum atomic E-state index is 12.2. The Labute approximate surface area is 110 Å². The minimum atomic E-state index is -4.88. The van der Waals surface area contributed by atoms with Gasteiger partial charge in [-0.25, -0.2) is 0 Å². The van der Waals surface area contributed by atoms with E-state index in [1.807, 2.05) is 0 Å². The molecule has 3 nitrogen and oxygen atoms in total. The fourth-order valence-corrected chi connectivity index (χ4v) is 1.65. The van der Waals surface area contributed by atoms with Gasteiger partial charge >= 0.3 is 6.18 Å². The minimum absolute atomic E-state index is 0.266. The second kappa shape index (κ2) is 6.19. The van der Waals surface area contributed by atoms with Crippen molar-refractivity contribution in [1.29, 1.82) is 0 Å². The molecule has 1 rings (SSSR count). The highest BCUT2D eigenvalue weighted by Gasteiger charge is 2.39. The highest BCUT2D eigenvalue weighted by atomic mass is 79.9. The minimum Gasteiger partial charge on any atom is -0.490 e. The highest BCUT2D eigenvalue weighted by Crippen LogP contribution is 2.29. The lowest BCUT2D eigenvalue weighted by Gasteiger charge is -2.10. The quantitative estimate of drug-likeness (QED) is 0.615. The van der Waals surface area contributed by atoms with Crippen LogP contribution in [-0.2, 0) is 4.74 Å². The van der Waals surface area contributed by atoms with Gasteiger partial charge in [0.25, 0.3) is 5.78 Å². The Bertz CT molecular complexity index is 432. The summed E-state index contributed by atoms with van der Waals surface area (Å²) in [6.07, 6.45) is -4.88. The topological polar surface area (TPSA) is 35.5 Å². The smallest absolute Gasteiger partial charge is 0.454 e. The van der Waals surface area contributed by atoms with E-state index in [2.05, 4.69) is 15.9 Å². The average Bonchev–Trinajstić information content (AvgIpc) is 2.29. The highest BCUT2D eigenvalue weighted by molar-refractivity contribution is 9.10. The average molecular weight is 327 g/mol. The predicted molar refractivity (Wildman–Crippen MR) is 61.9 cm³/mol. The van der Waals surface area contributed by atoms with E-state index in [1.54, 1.807) is 0 Å². The molecular weight excluding hydrogens is 317 g/mol. The van der Waals surface area contributed by atoms with Crippen LogP contribution < -0.4 is 4.74 Å². The summed E-state index contributed by atoms with van der Waals surface area (Å²) in [7, 11) is 1.50. The van der Waals surface area contributed by atoms with E-state index in [0.717, 1.165) is 12.1 Å². The van der Waals surface area contributed by atoms with Gasteiger partial charge in [-0.15, -0.1) is 0 Å². The molecule has 0 N–H and O–H groups in total. The number of carbonyl (C=O) groups is 1. The van der Waals surface area contributed by atoms with Gasteiger partial charge in [0.2, 0.25) is 0 Å². The zero-order chi connectivity index (χ0) is 13.8. The first-order chi connectivity index (χ1) is 8.36. The number of rotatable bonds is 5. The van der Waals surface area contributed by atoms with Gasteiger partial charge in [0.1, 0.15) is 12.4 Å². The van der Waals surface area contributed by atoms with Crippen LogP contribution in [0.25, 0.3) is 0 Å².